The van der Waals surface area contributed by atoms with Crippen LogP contribution in [-0.4, -0.2) is 30.9 Å². The Morgan fingerprint density at radius 1 is 1.14 bits per heavy atom. The standard InChI is InChI=1S/C18H20BrNO2/c19-16-9-5-4-6-14(16)12-18(21,15-7-2-1-3-8-15)17-13-20-10-11-22-17/h1-9,17,20-21H,10-13H2/t17?,18-/m1/s1. The number of morpholine rings is 1. The van der Waals surface area contributed by atoms with Crippen LogP contribution in [0.15, 0.2) is 59.1 Å². The quantitative estimate of drug-likeness (QED) is 0.879. The third-order valence-electron chi connectivity index (χ3n) is 4.15. The maximum Gasteiger partial charge on any atom is 0.121 e. The van der Waals surface area contributed by atoms with Crippen LogP contribution in [0.4, 0.5) is 0 Å². The number of aliphatic hydroxyl groups is 1. The average molecular weight is 362 g/mol. The van der Waals surface area contributed by atoms with E-state index in [0.29, 0.717) is 19.6 Å². The zero-order valence-corrected chi connectivity index (χ0v) is 13.9. The Labute approximate surface area is 139 Å². The van der Waals surface area contributed by atoms with Gasteiger partial charge in [-0.05, 0) is 17.2 Å². The van der Waals surface area contributed by atoms with Crippen molar-refractivity contribution in [2.75, 3.05) is 19.7 Å². The van der Waals surface area contributed by atoms with Crippen molar-refractivity contribution in [1.29, 1.82) is 0 Å². The van der Waals surface area contributed by atoms with Gasteiger partial charge in [-0.25, -0.2) is 0 Å². The van der Waals surface area contributed by atoms with E-state index in [4.69, 9.17) is 4.74 Å². The van der Waals surface area contributed by atoms with Gasteiger partial charge in [0, 0.05) is 24.0 Å². The van der Waals surface area contributed by atoms with Crippen LogP contribution in [0.1, 0.15) is 11.1 Å². The van der Waals surface area contributed by atoms with E-state index in [-0.39, 0.29) is 6.10 Å². The van der Waals surface area contributed by atoms with E-state index in [1.54, 1.807) is 0 Å². The van der Waals surface area contributed by atoms with Crippen molar-refractivity contribution in [2.24, 2.45) is 0 Å². The van der Waals surface area contributed by atoms with E-state index >= 15 is 0 Å². The molecule has 1 heterocycles. The molecule has 1 aliphatic heterocycles. The Morgan fingerprint density at radius 3 is 2.55 bits per heavy atom. The summed E-state index contributed by atoms with van der Waals surface area (Å²) in [7, 11) is 0. The molecular formula is C18H20BrNO2. The lowest BCUT2D eigenvalue weighted by Gasteiger charge is -2.39. The molecule has 1 fully saturated rings. The van der Waals surface area contributed by atoms with E-state index in [1.165, 1.54) is 0 Å². The number of halogens is 1. The van der Waals surface area contributed by atoms with Gasteiger partial charge in [0.05, 0.1) is 6.61 Å². The number of nitrogens with one attached hydrogen (secondary N) is 1. The minimum atomic E-state index is -1.06. The molecule has 116 valence electrons. The summed E-state index contributed by atoms with van der Waals surface area (Å²) in [6.07, 6.45) is 0.237. The first-order chi connectivity index (χ1) is 10.7. The van der Waals surface area contributed by atoms with Crippen LogP contribution >= 0.6 is 15.9 Å². The first-order valence-corrected chi connectivity index (χ1v) is 8.33. The predicted molar refractivity (Wildman–Crippen MR) is 90.8 cm³/mol. The molecule has 4 heteroatoms. The molecule has 0 radical (unpaired) electrons. The molecule has 22 heavy (non-hydrogen) atoms. The van der Waals surface area contributed by atoms with E-state index in [0.717, 1.165) is 22.1 Å². The molecule has 0 bridgehead atoms. The second kappa shape index (κ2) is 6.92. The molecular weight excluding hydrogens is 342 g/mol. The smallest absolute Gasteiger partial charge is 0.121 e. The first-order valence-electron chi connectivity index (χ1n) is 7.54. The number of ether oxygens (including phenoxy) is 1. The Kier molecular flexibility index (Phi) is 4.93. The van der Waals surface area contributed by atoms with Gasteiger partial charge < -0.3 is 15.2 Å². The molecule has 1 saturated heterocycles. The van der Waals surface area contributed by atoms with Gasteiger partial charge in [0.1, 0.15) is 11.7 Å². The third kappa shape index (κ3) is 3.25. The van der Waals surface area contributed by atoms with E-state index in [9.17, 15) is 5.11 Å². The molecule has 0 amide bonds. The summed E-state index contributed by atoms with van der Waals surface area (Å²) in [5.41, 5.74) is 0.904. The molecule has 0 aliphatic carbocycles. The lowest BCUT2D eigenvalue weighted by atomic mass is 9.82. The first kappa shape index (κ1) is 15.7. The topological polar surface area (TPSA) is 41.5 Å². The highest BCUT2D eigenvalue weighted by atomic mass is 79.9. The van der Waals surface area contributed by atoms with Gasteiger partial charge in [0.25, 0.3) is 0 Å². The molecule has 3 rings (SSSR count). The van der Waals surface area contributed by atoms with Gasteiger partial charge in [-0.1, -0.05) is 64.5 Å². The van der Waals surface area contributed by atoms with Crippen LogP contribution in [0, 0.1) is 0 Å². The second-order valence-electron chi connectivity index (χ2n) is 5.62. The Balaban J connectivity index is 1.97. The fraction of sp³-hybridized carbons (Fsp3) is 0.333. The van der Waals surface area contributed by atoms with Crippen molar-refractivity contribution >= 4 is 15.9 Å². The summed E-state index contributed by atoms with van der Waals surface area (Å²) in [5, 5.41) is 14.8. The SMILES string of the molecule is O[C@](Cc1ccccc1Br)(c1ccccc1)C1CNCCO1. The number of rotatable bonds is 4. The van der Waals surface area contributed by atoms with Crippen LogP contribution in [-0.2, 0) is 16.8 Å². The Bertz CT molecular complexity index is 613. The van der Waals surface area contributed by atoms with Crippen LogP contribution in [0.25, 0.3) is 0 Å². The van der Waals surface area contributed by atoms with E-state index in [1.807, 2.05) is 54.6 Å². The summed E-state index contributed by atoms with van der Waals surface area (Å²) in [4.78, 5) is 0. The summed E-state index contributed by atoms with van der Waals surface area (Å²) in [6, 6.07) is 17.8. The number of hydrogen-bond donors (Lipinski definition) is 2. The largest absolute Gasteiger partial charge is 0.382 e. The maximum absolute atomic E-state index is 11.5. The van der Waals surface area contributed by atoms with Gasteiger partial charge in [-0.15, -0.1) is 0 Å². The molecule has 2 aromatic carbocycles. The van der Waals surface area contributed by atoms with Crippen molar-refractivity contribution in [1.82, 2.24) is 5.32 Å². The van der Waals surface area contributed by atoms with Crippen molar-refractivity contribution in [3.63, 3.8) is 0 Å². The number of benzene rings is 2. The zero-order valence-electron chi connectivity index (χ0n) is 12.3. The van der Waals surface area contributed by atoms with Crippen LogP contribution in [0.3, 0.4) is 0 Å². The highest BCUT2D eigenvalue weighted by Crippen LogP contribution is 2.33. The van der Waals surface area contributed by atoms with Crippen molar-refractivity contribution in [3.8, 4) is 0 Å². The number of hydrogen-bond acceptors (Lipinski definition) is 3. The highest BCUT2D eigenvalue weighted by molar-refractivity contribution is 9.10. The van der Waals surface area contributed by atoms with Crippen LogP contribution < -0.4 is 5.32 Å². The molecule has 3 nitrogen and oxygen atoms in total. The fourth-order valence-electron chi connectivity index (χ4n) is 2.93. The van der Waals surface area contributed by atoms with E-state index in [2.05, 4.69) is 21.2 Å². The molecule has 1 unspecified atom stereocenters. The van der Waals surface area contributed by atoms with Gasteiger partial charge in [-0.3, -0.25) is 0 Å². The summed E-state index contributed by atoms with van der Waals surface area (Å²) < 4.78 is 6.89. The van der Waals surface area contributed by atoms with Gasteiger partial charge >= 0.3 is 0 Å². The zero-order chi connectivity index (χ0) is 15.4. The Hall–Kier alpha value is -1.20. The highest BCUT2D eigenvalue weighted by Gasteiger charge is 2.40. The minimum Gasteiger partial charge on any atom is -0.382 e. The van der Waals surface area contributed by atoms with Gasteiger partial charge in [-0.2, -0.15) is 0 Å². The van der Waals surface area contributed by atoms with Crippen LogP contribution in [0.2, 0.25) is 0 Å². The molecule has 0 aromatic heterocycles. The second-order valence-corrected chi connectivity index (χ2v) is 6.48. The lowest BCUT2D eigenvalue weighted by Crippen LogP contribution is -2.52. The molecule has 0 saturated carbocycles. The molecule has 2 N–H and O–H groups in total. The predicted octanol–water partition coefficient (Wildman–Crippen LogP) is 2.87. The summed E-state index contributed by atoms with van der Waals surface area (Å²) >= 11 is 3.58. The van der Waals surface area contributed by atoms with Crippen molar-refractivity contribution in [3.05, 3.63) is 70.2 Å². The normalized spacial score (nSPS) is 21.3. The van der Waals surface area contributed by atoms with Crippen molar-refractivity contribution in [2.45, 2.75) is 18.1 Å². The monoisotopic (exact) mass is 361 g/mol. The molecule has 2 aromatic rings. The van der Waals surface area contributed by atoms with Crippen molar-refractivity contribution < 1.29 is 9.84 Å². The fourth-order valence-corrected chi connectivity index (χ4v) is 3.36. The molecule has 0 spiro atoms. The van der Waals surface area contributed by atoms with Crippen LogP contribution in [0.5, 0.6) is 0 Å². The molecule has 1 aliphatic rings. The lowest BCUT2D eigenvalue weighted by molar-refractivity contribution is -0.124. The summed E-state index contributed by atoms with van der Waals surface area (Å²) in [6.45, 7) is 2.10. The average Bonchev–Trinajstić information content (AvgIpc) is 2.58. The Morgan fingerprint density at radius 2 is 1.86 bits per heavy atom. The minimum absolute atomic E-state index is 0.268. The van der Waals surface area contributed by atoms with Gasteiger partial charge in [0.15, 0.2) is 0 Å². The molecule has 2 atom stereocenters. The van der Waals surface area contributed by atoms with Gasteiger partial charge in [0.2, 0.25) is 0 Å². The summed E-state index contributed by atoms with van der Waals surface area (Å²) in [5.74, 6) is 0. The maximum atomic E-state index is 11.5. The third-order valence-corrected chi connectivity index (χ3v) is 4.93. The van der Waals surface area contributed by atoms with E-state index < -0.39 is 5.60 Å².